The summed E-state index contributed by atoms with van der Waals surface area (Å²) < 4.78 is 21.3. The minimum atomic E-state index is -0.712. The fourth-order valence-electron chi connectivity index (χ4n) is 7.24. The van der Waals surface area contributed by atoms with Crippen LogP contribution in [0, 0.1) is 17.8 Å². The van der Waals surface area contributed by atoms with E-state index < -0.39 is 12.0 Å². The van der Waals surface area contributed by atoms with Gasteiger partial charge in [0.05, 0.1) is 57.1 Å². The van der Waals surface area contributed by atoms with Crippen LogP contribution in [0.25, 0.3) is 0 Å². The van der Waals surface area contributed by atoms with Gasteiger partial charge in [0.15, 0.2) is 0 Å². The van der Waals surface area contributed by atoms with Gasteiger partial charge in [-0.3, -0.25) is 14.5 Å². The Hall–Kier alpha value is -3.31. The Balaban J connectivity index is 0. The molecule has 1 heterocycles. The fourth-order valence-corrected chi connectivity index (χ4v) is 7.24. The van der Waals surface area contributed by atoms with Crippen LogP contribution < -0.4 is 16.0 Å². The quantitative estimate of drug-likeness (QED) is 0.0692. The van der Waals surface area contributed by atoms with Crippen LogP contribution in [0.1, 0.15) is 86.1 Å². The summed E-state index contributed by atoms with van der Waals surface area (Å²) in [4.78, 5) is 64.4. The number of methoxy groups -OCH3 is 3. The van der Waals surface area contributed by atoms with Gasteiger partial charge >= 0.3 is 5.97 Å². The van der Waals surface area contributed by atoms with Gasteiger partial charge < -0.3 is 54.3 Å². The van der Waals surface area contributed by atoms with Crippen molar-refractivity contribution in [3.63, 3.8) is 0 Å². The molecule has 15 heteroatoms. The van der Waals surface area contributed by atoms with Crippen molar-refractivity contribution in [2.24, 2.45) is 17.8 Å². The van der Waals surface area contributed by atoms with Crippen molar-refractivity contribution in [1.29, 1.82) is 0 Å². The lowest BCUT2D eigenvalue weighted by molar-refractivity contribution is -0.146. The Labute approximate surface area is 376 Å². The number of hydrogen-bond donors (Lipinski definition) is 3. The molecular formula is C47H88N6O9. The van der Waals surface area contributed by atoms with Crippen LogP contribution in [0.2, 0.25) is 0 Å². The van der Waals surface area contributed by atoms with E-state index in [1.807, 2.05) is 56.3 Å². The third kappa shape index (κ3) is 23.9. The average Bonchev–Trinajstić information content (AvgIpc) is 3.68. The van der Waals surface area contributed by atoms with Crippen molar-refractivity contribution >= 4 is 30.4 Å². The van der Waals surface area contributed by atoms with Crippen LogP contribution in [0.3, 0.4) is 0 Å². The molecule has 2 amide bonds. The Morgan fingerprint density at radius 1 is 0.935 bits per heavy atom. The number of nitrogens with zero attached hydrogens (tertiary/aromatic N) is 3. The first-order chi connectivity index (χ1) is 29.5. The van der Waals surface area contributed by atoms with E-state index in [0.717, 1.165) is 63.6 Å². The van der Waals surface area contributed by atoms with E-state index in [9.17, 15) is 24.0 Å². The maximum Gasteiger partial charge on any atom is 0.328 e. The number of likely N-dealkylation sites (N-methyl/N-ethyl adjacent to an activating group) is 5. The lowest BCUT2D eigenvalue weighted by Gasteiger charge is -2.37. The van der Waals surface area contributed by atoms with Crippen molar-refractivity contribution < 1.29 is 42.9 Å². The topological polar surface area (TPSA) is 168 Å². The molecule has 8 unspecified atom stereocenters. The van der Waals surface area contributed by atoms with E-state index in [0.29, 0.717) is 31.9 Å². The molecule has 1 fully saturated rings. The molecule has 1 aromatic rings. The zero-order valence-corrected chi connectivity index (χ0v) is 41.2. The molecule has 1 aliphatic heterocycles. The van der Waals surface area contributed by atoms with E-state index >= 15 is 0 Å². The zero-order valence-electron chi connectivity index (χ0n) is 41.2. The minimum absolute atomic E-state index is 0.00194. The summed E-state index contributed by atoms with van der Waals surface area (Å²) in [6.07, 6.45) is 6.40. The number of hydrogen-bond acceptors (Lipinski definition) is 13. The maximum atomic E-state index is 12.8. The van der Waals surface area contributed by atoms with E-state index in [1.165, 1.54) is 13.5 Å². The zero-order chi connectivity index (χ0) is 47.6. The molecule has 1 aromatic carbocycles. The number of carbonyl (C=O) groups excluding carboxylic acids is 5. The van der Waals surface area contributed by atoms with E-state index in [1.54, 1.807) is 33.2 Å². The Bertz CT molecular complexity index is 1310. The van der Waals surface area contributed by atoms with Gasteiger partial charge in [-0.15, -0.1) is 0 Å². The summed E-state index contributed by atoms with van der Waals surface area (Å²) in [7, 11) is 14.0. The van der Waals surface area contributed by atoms with Gasteiger partial charge in [0.25, 0.3) is 0 Å². The molecule has 1 aliphatic rings. The number of nitrogens with one attached hydrogen (secondary N) is 3. The summed E-state index contributed by atoms with van der Waals surface area (Å²) in [5.74, 6) is -0.362. The van der Waals surface area contributed by atoms with Gasteiger partial charge in [-0.05, 0) is 65.0 Å². The molecule has 0 radical (unpaired) electrons. The Kier molecular flexibility index (Phi) is 36.4. The number of esters is 1. The predicted molar refractivity (Wildman–Crippen MR) is 249 cm³/mol. The molecule has 0 spiro atoms. The number of amides is 2. The number of ether oxygens (including phenoxy) is 4. The second-order valence-corrected chi connectivity index (χ2v) is 16.3. The van der Waals surface area contributed by atoms with Gasteiger partial charge in [-0.25, -0.2) is 4.79 Å². The third-order valence-electron chi connectivity index (χ3n) is 11.0. The van der Waals surface area contributed by atoms with E-state index in [2.05, 4.69) is 69.4 Å². The van der Waals surface area contributed by atoms with Crippen molar-refractivity contribution in [2.75, 3.05) is 96.0 Å². The standard InChI is InChI=1S/C20H30N2O4.C13H26N2O3.C11H24N2O2.C3H8/c1-14(18(25-3)17-11-8-12-22(17)2)19(23)21-16(20(24)26-4)13-15-9-6-5-7-10-15;1-6-10(2)13(11(18-5)7-8-16)15(4)12(17)9-14-3;1-10(2)11(9-14)13(4)6-8-15-7-5-12-3;1-3-2/h5-7,9-10,14,16-18H,8,11-13H2,1-4H3,(H,21,23);8,10-11,13-14H,6-7,9H2,1-5H3;9-12H,5-8H2,1-4H3;3H2,1-2H3. The predicted octanol–water partition coefficient (Wildman–Crippen LogP) is 4.11. The van der Waals surface area contributed by atoms with Gasteiger partial charge in [-0.2, -0.15) is 0 Å². The highest BCUT2D eigenvalue weighted by Crippen LogP contribution is 2.25. The summed E-state index contributed by atoms with van der Waals surface area (Å²) in [6.45, 7) is 18.7. The number of aldehydes is 2. The monoisotopic (exact) mass is 881 g/mol. The lowest BCUT2D eigenvalue weighted by Crippen LogP contribution is -2.51. The number of carbonyl (C=O) groups is 5. The van der Waals surface area contributed by atoms with Crippen LogP contribution in [0.15, 0.2) is 30.3 Å². The molecule has 1 saturated heterocycles. The van der Waals surface area contributed by atoms with Gasteiger partial charge in [0, 0.05) is 53.2 Å². The molecule has 0 aliphatic carbocycles. The van der Waals surface area contributed by atoms with Crippen LogP contribution in [-0.2, 0) is 49.3 Å². The van der Waals surface area contributed by atoms with Gasteiger partial charge in [0.1, 0.15) is 18.6 Å². The molecule has 2 rings (SSSR count). The molecule has 62 heavy (non-hydrogen) atoms. The third-order valence-corrected chi connectivity index (χ3v) is 11.0. The van der Waals surface area contributed by atoms with Gasteiger partial charge in [-0.1, -0.05) is 91.6 Å². The first kappa shape index (κ1) is 60.8. The van der Waals surface area contributed by atoms with Crippen molar-refractivity contribution in [3.8, 4) is 0 Å². The van der Waals surface area contributed by atoms with E-state index in [-0.39, 0.29) is 54.0 Å². The Morgan fingerprint density at radius 2 is 1.56 bits per heavy atom. The van der Waals surface area contributed by atoms with Crippen LogP contribution in [-0.4, -0.2) is 177 Å². The highest BCUT2D eigenvalue weighted by atomic mass is 16.5. The van der Waals surface area contributed by atoms with Gasteiger partial charge in [0.2, 0.25) is 11.8 Å². The summed E-state index contributed by atoms with van der Waals surface area (Å²) >= 11 is 0. The maximum absolute atomic E-state index is 12.8. The number of rotatable bonds is 26. The first-order valence-corrected chi connectivity index (χ1v) is 22.4. The normalized spacial score (nSPS) is 17.0. The van der Waals surface area contributed by atoms with Crippen molar-refractivity contribution in [3.05, 3.63) is 35.9 Å². The molecule has 0 aromatic heterocycles. The lowest BCUT2D eigenvalue weighted by atomic mass is 9.91. The molecule has 15 nitrogen and oxygen atoms in total. The van der Waals surface area contributed by atoms with Crippen molar-refractivity contribution in [2.45, 2.75) is 123 Å². The molecule has 8 atom stereocenters. The summed E-state index contributed by atoms with van der Waals surface area (Å²) in [5.41, 5.74) is 0.967. The fraction of sp³-hybridized carbons (Fsp3) is 0.766. The first-order valence-electron chi connectivity index (χ1n) is 22.4. The molecule has 3 N–H and O–H groups in total. The average molecular weight is 881 g/mol. The SMILES string of the molecule is CCC.CCC(C)C(C(CC=O)OC)N(C)C(=O)CNC.CNCCOCCN(C)C(C=O)C(C)C.COC(=O)C(Cc1ccccc1)NC(=O)C(C)C(OC)C1CCCN1C. The van der Waals surface area contributed by atoms with Crippen LogP contribution >= 0.6 is 0 Å². The van der Waals surface area contributed by atoms with E-state index in [4.69, 9.17) is 18.9 Å². The molecule has 0 bridgehead atoms. The molecular weight excluding hydrogens is 793 g/mol. The van der Waals surface area contributed by atoms with Crippen LogP contribution in [0.4, 0.5) is 0 Å². The summed E-state index contributed by atoms with van der Waals surface area (Å²) in [5, 5.41) is 8.72. The highest BCUT2D eigenvalue weighted by Gasteiger charge is 2.37. The molecule has 0 saturated carbocycles. The number of benzene rings is 1. The second kappa shape index (κ2) is 37.1. The second-order valence-electron chi connectivity index (χ2n) is 16.3. The highest BCUT2D eigenvalue weighted by molar-refractivity contribution is 5.86. The summed E-state index contributed by atoms with van der Waals surface area (Å²) in [6, 6.07) is 9.01. The Morgan fingerprint density at radius 3 is 2.02 bits per heavy atom. The largest absolute Gasteiger partial charge is 0.467 e. The van der Waals surface area contributed by atoms with Crippen LogP contribution in [0.5, 0.6) is 0 Å². The number of likely N-dealkylation sites (tertiary alicyclic amines) is 1. The smallest absolute Gasteiger partial charge is 0.328 e. The molecule has 360 valence electrons. The van der Waals surface area contributed by atoms with Crippen molar-refractivity contribution in [1.82, 2.24) is 30.7 Å². The minimum Gasteiger partial charge on any atom is -0.467 e.